The summed E-state index contributed by atoms with van der Waals surface area (Å²) < 4.78 is 9.88. The predicted octanol–water partition coefficient (Wildman–Crippen LogP) is 12.4. The van der Waals surface area contributed by atoms with Crippen molar-refractivity contribution >= 4 is 26.4 Å². The fourth-order valence-electron chi connectivity index (χ4n) is 11.0. The lowest BCUT2D eigenvalue weighted by Crippen LogP contribution is -2.58. The zero-order chi connectivity index (χ0) is 34.5. The Bertz CT molecular complexity index is 1230. The van der Waals surface area contributed by atoms with Crippen LogP contribution < -0.4 is 10.0 Å². The van der Waals surface area contributed by atoms with Crippen LogP contribution in [0.2, 0.25) is 6.32 Å². The molecule has 49 heavy (non-hydrogen) atoms. The molecule has 4 aliphatic rings. The molecule has 0 atom stereocenters. The molecule has 0 radical (unpaired) electrons. The fraction of sp³-hybridized carbons (Fsp3) is 0.727. The minimum atomic E-state index is -0.762. The molecule has 0 amide bonds. The van der Waals surface area contributed by atoms with Gasteiger partial charge in [0, 0.05) is 29.9 Å². The van der Waals surface area contributed by atoms with Gasteiger partial charge in [-0.2, -0.15) is 0 Å². The lowest BCUT2D eigenvalue weighted by molar-refractivity contribution is 0.132. The molecule has 4 saturated carbocycles. The second-order valence-corrected chi connectivity index (χ2v) is 18.9. The van der Waals surface area contributed by atoms with Crippen molar-refractivity contribution in [2.45, 2.75) is 207 Å². The summed E-state index contributed by atoms with van der Waals surface area (Å²) in [6, 6.07) is 12.9. The second kappa shape index (κ2) is 17.4. The molecule has 2 aromatic carbocycles. The van der Waals surface area contributed by atoms with E-state index >= 15 is 0 Å². The predicted molar refractivity (Wildman–Crippen MR) is 218 cm³/mol. The summed E-state index contributed by atoms with van der Waals surface area (Å²) in [6.45, 7) is 17.2. The van der Waals surface area contributed by atoms with Gasteiger partial charge < -0.3 is 4.58 Å². The standard InChI is InChI=1S/C44H71BN3P/c1-8-45(43-35(4)29-33(2)30-36(43)5)48(44-37(6)31-34(3)32-38(44)7)49(46(39-21-13-9-14-22-39)40-23-15-10-16-24-40)47(41-25-17-11-18-26-41)42-27-19-12-20-28-42/h29-32,39-42H,8-28H2,1-7H3. The van der Waals surface area contributed by atoms with Crippen molar-refractivity contribution < 1.29 is 0 Å². The van der Waals surface area contributed by atoms with E-state index in [4.69, 9.17) is 0 Å². The van der Waals surface area contributed by atoms with Crippen molar-refractivity contribution in [3.63, 3.8) is 0 Å². The number of nitrogens with zero attached hydrogens (tertiary/aromatic N) is 3. The van der Waals surface area contributed by atoms with Crippen LogP contribution in [0.1, 0.15) is 169 Å². The van der Waals surface area contributed by atoms with E-state index in [1.165, 1.54) is 162 Å². The topological polar surface area (TPSA) is 9.72 Å². The summed E-state index contributed by atoms with van der Waals surface area (Å²) >= 11 is 0. The number of aryl methyl sites for hydroxylation is 6. The van der Waals surface area contributed by atoms with Gasteiger partial charge in [0.25, 0.3) is 6.85 Å². The molecule has 0 saturated heterocycles. The Balaban J connectivity index is 1.65. The Labute approximate surface area is 304 Å². The van der Waals surface area contributed by atoms with Crippen molar-refractivity contribution in [1.29, 1.82) is 0 Å². The number of anilines is 1. The third-order valence-electron chi connectivity index (χ3n) is 13.0. The van der Waals surface area contributed by atoms with E-state index in [1.807, 2.05) is 0 Å². The van der Waals surface area contributed by atoms with E-state index < -0.39 is 8.37 Å². The molecule has 5 heteroatoms. The zero-order valence-electron chi connectivity index (χ0n) is 32.8. The van der Waals surface area contributed by atoms with Crippen LogP contribution in [0.5, 0.6) is 0 Å². The van der Waals surface area contributed by atoms with Crippen molar-refractivity contribution in [3.05, 3.63) is 57.6 Å². The van der Waals surface area contributed by atoms with Crippen LogP contribution in [0.4, 0.5) is 5.69 Å². The molecule has 270 valence electrons. The van der Waals surface area contributed by atoms with E-state index in [2.05, 4.69) is 86.7 Å². The SMILES string of the molecule is CCB(c1c(C)cc(C)cc1C)N(c1c(C)cc(C)cc1C)P(N(C1CCCCC1)C1CCCCC1)N(C1CCCCC1)C1CCCCC1. The molecule has 4 fully saturated rings. The van der Waals surface area contributed by atoms with Crippen molar-refractivity contribution in [2.24, 2.45) is 0 Å². The number of benzene rings is 2. The summed E-state index contributed by atoms with van der Waals surface area (Å²) in [5.74, 6) is 0. The Morgan fingerprint density at radius 3 is 1.10 bits per heavy atom. The first-order valence-corrected chi connectivity index (χ1v) is 22.3. The van der Waals surface area contributed by atoms with Crippen LogP contribution in [0.25, 0.3) is 0 Å². The average Bonchev–Trinajstić information content (AvgIpc) is 3.10. The van der Waals surface area contributed by atoms with Gasteiger partial charge in [0.05, 0.1) is 0 Å². The van der Waals surface area contributed by atoms with Crippen molar-refractivity contribution in [1.82, 2.24) is 9.34 Å². The zero-order valence-corrected chi connectivity index (χ0v) is 33.7. The fourth-order valence-corrected chi connectivity index (χ4v) is 14.8. The number of rotatable bonds is 11. The molecule has 0 N–H and O–H groups in total. The lowest BCUT2D eigenvalue weighted by Gasteiger charge is -2.58. The average molecular weight is 684 g/mol. The third kappa shape index (κ3) is 8.49. The molecule has 6 rings (SSSR count). The normalized spacial score (nSPS) is 20.9. The highest BCUT2D eigenvalue weighted by Crippen LogP contribution is 2.61. The van der Waals surface area contributed by atoms with E-state index in [9.17, 15) is 0 Å². The van der Waals surface area contributed by atoms with E-state index in [0.29, 0.717) is 31.0 Å². The molecular formula is C44H71BN3P. The van der Waals surface area contributed by atoms with Crippen LogP contribution in [-0.2, 0) is 0 Å². The van der Waals surface area contributed by atoms with Crippen LogP contribution in [0.15, 0.2) is 24.3 Å². The Hall–Kier alpha value is -1.35. The van der Waals surface area contributed by atoms with Crippen LogP contribution >= 0.6 is 8.37 Å². The molecule has 0 unspecified atom stereocenters. The first kappa shape index (κ1) is 37.4. The van der Waals surface area contributed by atoms with Crippen molar-refractivity contribution in [3.8, 4) is 0 Å². The molecule has 2 aromatic rings. The first-order chi connectivity index (χ1) is 23.8. The second-order valence-electron chi connectivity index (χ2n) is 17.0. The van der Waals surface area contributed by atoms with E-state index in [-0.39, 0.29) is 0 Å². The Kier molecular flexibility index (Phi) is 13.3. The first-order valence-electron chi connectivity index (χ1n) is 21.1. The monoisotopic (exact) mass is 684 g/mol. The maximum atomic E-state index is 3.34. The number of hydrogen-bond donors (Lipinski definition) is 0. The molecule has 0 aromatic heterocycles. The van der Waals surface area contributed by atoms with E-state index in [0.717, 1.165) is 6.32 Å². The highest BCUT2D eigenvalue weighted by molar-refractivity contribution is 7.57. The van der Waals surface area contributed by atoms with Gasteiger partial charge >= 0.3 is 0 Å². The molecule has 0 heterocycles. The summed E-state index contributed by atoms with van der Waals surface area (Å²) in [7, 11) is -0.762. The van der Waals surface area contributed by atoms with Crippen LogP contribution in [0.3, 0.4) is 0 Å². The van der Waals surface area contributed by atoms with Gasteiger partial charge in [-0.15, -0.1) is 0 Å². The molecule has 0 spiro atoms. The summed E-state index contributed by atoms with van der Waals surface area (Å²) in [5, 5.41) is 0. The quantitative estimate of drug-likeness (QED) is 0.172. The van der Waals surface area contributed by atoms with Crippen molar-refractivity contribution in [2.75, 3.05) is 4.58 Å². The Morgan fingerprint density at radius 2 is 0.796 bits per heavy atom. The molecule has 0 aliphatic heterocycles. The summed E-state index contributed by atoms with van der Waals surface area (Å²) in [5.41, 5.74) is 12.0. The highest BCUT2D eigenvalue weighted by Gasteiger charge is 2.49. The van der Waals surface area contributed by atoms with Gasteiger partial charge in [0.15, 0.2) is 0 Å². The van der Waals surface area contributed by atoms with Gasteiger partial charge in [-0.05, 0) is 109 Å². The maximum absolute atomic E-state index is 3.34. The molecule has 0 bridgehead atoms. The van der Waals surface area contributed by atoms with Gasteiger partial charge in [0.1, 0.15) is 8.37 Å². The van der Waals surface area contributed by atoms with Gasteiger partial charge in [0.2, 0.25) is 0 Å². The minimum Gasteiger partial charge on any atom is -0.366 e. The highest BCUT2D eigenvalue weighted by atomic mass is 31.2. The van der Waals surface area contributed by atoms with Gasteiger partial charge in [-0.25, -0.2) is 9.34 Å². The third-order valence-corrected chi connectivity index (χ3v) is 16.0. The maximum Gasteiger partial charge on any atom is 0.295 e. The van der Waals surface area contributed by atoms with Crippen LogP contribution in [0, 0.1) is 41.5 Å². The summed E-state index contributed by atoms with van der Waals surface area (Å²) in [4.78, 5) is 0. The largest absolute Gasteiger partial charge is 0.366 e. The summed E-state index contributed by atoms with van der Waals surface area (Å²) in [6.07, 6.45) is 29.4. The van der Waals surface area contributed by atoms with Crippen LogP contribution in [-0.4, -0.2) is 40.4 Å². The smallest absolute Gasteiger partial charge is 0.295 e. The minimum absolute atomic E-state index is 0.358. The number of hydrogen-bond acceptors (Lipinski definition) is 3. The van der Waals surface area contributed by atoms with Gasteiger partial charge in [-0.1, -0.05) is 137 Å². The van der Waals surface area contributed by atoms with E-state index in [1.54, 1.807) is 11.2 Å². The molecular weight excluding hydrogens is 612 g/mol. The Morgan fingerprint density at radius 1 is 0.490 bits per heavy atom. The molecule has 3 nitrogen and oxygen atoms in total. The van der Waals surface area contributed by atoms with Gasteiger partial charge in [-0.3, -0.25) is 0 Å². The molecule has 4 aliphatic carbocycles. The lowest BCUT2D eigenvalue weighted by atomic mass is 9.51.